The number of nitrogens with zero attached hydrogens (tertiary/aromatic N) is 8. The Bertz CT molecular complexity index is 1920. The number of aryl methyl sites for hydroxylation is 1. The number of anilines is 3. The molecule has 4 aromatic heterocycles. The van der Waals surface area contributed by atoms with Crippen molar-refractivity contribution in [2.24, 2.45) is 7.05 Å². The molecule has 1 saturated heterocycles. The van der Waals surface area contributed by atoms with Crippen molar-refractivity contribution in [1.29, 1.82) is 0 Å². The Labute approximate surface area is 240 Å². The van der Waals surface area contributed by atoms with Crippen molar-refractivity contribution in [3.8, 4) is 11.5 Å². The number of halogens is 1. The molecule has 7 rings (SSSR count). The first kappa shape index (κ1) is 25.6. The standard InChI is InChI=1S/C30H26FN9O2/c1-4-26(41)39-10-9-18-11-19(39)14-40(18)25-8-6-22-28(37-25)29(34-15-33-22)36-21-5-7-24(17(2)27(21)31)42-20-12-23-30(32-13-20)38(3)16-35-23/h4-10,12-13,15-16,18-19H,1,11,14H2,2-3H3,(H,33,34,36)/t18-,19+/m0/s1. The third-order valence-corrected chi connectivity index (χ3v) is 7.72. The molecule has 11 nitrogen and oxygen atoms in total. The second-order valence-electron chi connectivity index (χ2n) is 10.3. The molecule has 0 saturated carbocycles. The normalized spacial score (nSPS) is 17.7. The van der Waals surface area contributed by atoms with Gasteiger partial charge < -0.3 is 24.4 Å². The summed E-state index contributed by atoms with van der Waals surface area (Å²) in [6.45, 7) is 5.89. The van der Waals surface area contributed by atoms with E-state index in [4.69, 9.17) is 9.72 Å². The zero-order valence-corrected chi connectivity index (χ0v) is 22.9. The van der Waals surface area contributed by atoms with Crippen LogP contribution in [0.5, 0.6) is 11.5 Å². The van der Waals surface area contributed by atoms with Gasteiger partial charge in [-0.1, -0.05) is 6.58 Å². The fraction of sp³-hybridized carbons (Fsp3) is 0.200. The lowest BCUT2D eigenvalue weighted by molar-refractivity contribution is -0.125. The van der Waals surface area contributed by atoms with Crippen LogP contribution in [-0.4, -0.2) is 58.9 Å². The SMILES string of the molecule is C=CC(=O)N1C=C[C@H]2C[C@@H]1CN2c1ccc2ncnc(Nc3ccc(Oc4cnc5c(c4)ncn5C)c(C)c3F)c2n1. The van der Waals surface area contributed by atoms with Gasteiger partial charge in [-0.25, -0.2) is 29.3 Å². The minimum atomic E-state index is -0.479. The molecule has 42 heavy (non-hydrogen) atoms. The van der Waals surface area contributed by atoms with Gasteiger partial charge in [0, 0.05) is 31.4 Å². The van der Waals surface area contributed by atoms with E-state index in [1.807, 2.05) is 36.0 Å². The largest absolute Gasteiger partial charge is 0.455 e. The number of ether oxygens (including phenoxy) is 1. The van der Waals surface area contributed by atoms with E-state index in [1.165, 1.54) is 12.4 Å². The summed E-state index contributed by atoms with van der Waals surface area (Å²) < 4.78 is 23.4. The van der Waals surface area contributed by atoms with Crippen LogP contribution in [0.15, 0.2) is 74.1 Å². The maximum atomic E-state index is 15.6. The first-order valence-electron chi connectivity index (χ1n) is 13.4. The van der Waals surface area contributed by atoms with Crippen LogP contribution in [0.3, 0.4) is 0 Å². The number of aromatic nitrogens is 6. The topological polar surface area (TPSA) is 114 Å². The maximum absolute atomic E-state index is 15.6. The van der Waals surface area contributed by atoms with Gasteiger partial charge in [-0.3, -0.25) is 4.79 Å². The van der Waals surface area contributed by atoms with E-state index in [0.29, 0.717) is 46.0 Å². The predicted octanol–water partition coefficient (Wildman–Crippen LogP) is 4.78. The third kappa shape index (κ3) is 4.28. The number of imidazole rings is 1. The number of pyridine rings is 2. The van der Waals surface area contributed by atoms with Gasteiger partial charge in [0.2, 0.25) is 5.91 Å². The molecule has 2 bridgehead atoms. The van der Waals surface area contributed by atoms with Crippen LogP contribution in [0.25, 0.3) is 22.2 Å². The summed E-state index contributed by atoms with van der Waals surface area (Å²) in [5.41, 5.74) is 3.09. The average molecular weight is 564 g/mol. The van der Waals surface area contributed by atoms with Gasteiger partial charge in [0.1, 0.15) is 34.7 Å². The summed E-state index contributed by atoms with van der Waals surface area (Å²) >= 11 is 0. The van der Waals surface area contributed by atoms with Gasteiger partial charge in [0.05, 0.1) is 35.8 Å². The molecule has 2 aliphatic heterocycles. The summed E-state index contributed by atoms with van der Waals surface area (Å²) in [7, 11) is 1.86. The lowest BCUT2D eigenvalue weighted by atomic mass is 10.1. The molecule has 12 heteroatoms. The zero-order valence-electron chi connectivity index (χ0n) is 22.9. The molecule has 1 fully saturated rings. The molecule has 2 atom stereocenters. The second-order valence-corrected chi connectivity index (χ2v) is 10.3. The number of hydrogen-bond acceptors (Lipinski definition) is 9. The summed E-state index contributed by atoms with van der Waals surface area (Å²) in [6.07, 6.45) is 10.6. The van der Waals surface area contributed by atoms with Crippen LogP contribution in [-0.2, 0) is 11.8 Å². The predicted molar refractivity (Wildman–Crippen MR) is 156 cm³/mol. The molecular weight excluding hydrogens is 537 g/mol. The van der Waals surface area contributed by atoms with E-state index < -0.39 is 5.82 Å². The number of fused-ring (bicyclic) bond motifs is 4. The Morgan fingerprint density at radius 2 is 2.05 bits per heavy atom. The molecule has 1 amide bonds. The first-order chi connectivity index (χ1) is 20.4. The second kappa shape index (κ2) is 9.91. The molecule has 1 N–H and O–H groups in total. The number of benzene rings is 1. The lowest BCUT2D eigenvalue weighted by Crippen LogP contribution is -2.37. The van der Waals surface area contributed by atoms with Gasteiger partial charge >= 0.3 is 0 Å². The highest BCUT2D eigenvalue weighted by atomic mass is 19.1. The average Bonchev–Trinajstić information content (AvgIpc) is 3.55. The number of carbonyl (C=O) groups is 1. The highest BCUT2D eigenvalue weighted by Crippen LogP contribution is 2.35. The summed E-state index contributed by atoms with van der Waals surface area (Å²) in [5.74, 6) is 1.32. The third-order valence-electron chi connectivity index (χ3n) is 7.72. The van der Waals surface area contributed by atoms with E-state index in [-0.39, 0.29) is 23.7 Å². The molecule has 2 aliphatic rings. The van der Waals surface area contributed by atoms with Crippen LogP contribution in [0.1, 0.15) is 12.0 Å². The molecule has 210 valence electrons. The van der Waals surface area contributed by atoms with Crippen molar-refractivity contribution in [2.75, 3.05) is 16.8 Å². The minimum absolute atomic E-state index is 0.0343. The fourth-order valence-corrected chi connectivity index (χ4v) is 5.53. The number of carbonyl (C=O) groups excluding carboxylic acids is 1. The number of nitrogens with one attached hydrogen (secondary N) is 1. The van der Waals surface area contributed by atoms with Crippen LogP contribution >= 0.6 is 0 Å². The van der Waals surface area contributed by atoms with Crippen molar-refractivity contribution in [3.05, 3.63) is 85.5 Å². The van der Waals surface area contributed by atoms with E-state index in [0.717, 1.165) is 17.9 Å². The Hall–Kier alpha value is -5.39. The van der Waals surface area contributed by atoms with Gasteiger partial charge in [-0.15, -0.1) is 0 Å². The molecule has 0 aliphatic carbocycles. The Morgan fingerprint density at radius 1 is 1.17 bits per heavy atom. The van der Waals surface area contributed by atoms with Crippen LogP contribution in [0, 0.1) is 12.7 Å². The molecule has 1 aromatic carbocycles. The molecule has 5 aromatic rings. The summed E-state index contributed by atoms with van der Waals surface area (Å²) in [6, 6.07) is 8.97. The van der Waals surface area contributed by atoms with Crippen molar-refractivity contribution >= 4 is 45.4 Å². The highest BCUT2D eigenvalue weighted by Gasteiger charge is 2.38. The Balaban J connectivity index is 1.15. The van der Waals surface area contributed by atoms with Crippen molar-refractivity contribution in [2.45, 2.75) is 25.4 Å². The van der Waals surface area contributed by atoms with Crippen LogP contribution in [0.2, 0.25) is 0 Å². The van der Waals surface area contributed by atoms with Gasteiger partial charge in [0.25, 0.3) is 0 Å². The van der Waals surface area contributed by atoms with Crippen LogP contribution < -0.4 is 15.0 Å². The van der Waals surface area contributed by atoms with Gasteiger partial charge in [-0.2, -0.15) is 0 Å². The number of amides is 1. The molecular formula is C30H26FN9O2. The Morgan fingerprint density at radius 3 is 2.90 bits per heavy atom. The molecule has 0 spiro atoms. The smallest absolute Gasteiger partial charge is 0.250 e. The fourth-order valence-electron chi connectivity index (χ4n) is 5.53. The van der Waals surface area contributed by atoms with Crippen LogP contribution in [0.4, 0.5) is 21.7 Å². The first-order valence-corrected chi connectivity index (χ1v) is 13.4. The summed E-state index contributed by atoms with van der Waals surface area (Å²) in [4.78, 5) is 38.4. The van der Waals surface area contributed by atoms with Gasteiger partial charge in [0.15, 0.2) is 17.3 Å². The number of rotatable bonds is 6. The van der Waals surface area contributed by atoms with Crippen molar-refractivity contribution in [1.82, 2.24) is 34.4 Å². The quantitative estimate of drug-likeness (QED) is 0.292. The molecule has 0 unspecified atom stereocenters. The molecule has 0 radical (unpaired) electrons. The maximum Gasteiger partial charge on any atom is 0.250 e. The lowest BCUT2D eigenvalue weighted by Gasteiger charge is -2.25. The van der Waals surface area contributed by atoms with E-state index >= 15 is 4.39 Å². The molecule has 6 heterocycles. The van der Waals surface area contributed by atoms with E-state index in [2.05, 4.69) is 36.7 Å². The van der Waals surface area contributed by atoms with Gasteiger partial charge in [-0.05, 0) is 49.8 Å². The zero-order chi connectivity index (χ0) is 29.0. The minimum Gasteiger partial charge on any atom is -0.455 e. The van der Waals surface area contributed by atoms with Crippen molar-refractivity contribution in [3.63, 3.8) is 0 Å². The monoisotopic (exact) mass is 563 g/mol. The Kier molecular flexibility index (Phi) is 6.03. The van der Waals surface area contributed by atoms with E-state index in [9.17, 15) is 4.79 Å². The van der Waals surface area contributed by atoms with Crippen molar-refractivity contribution < 1.29 is 13.9 Å². The highest BCUT2D eigenvalue weighted by molar-refractivity contribution is 5.89. The number of hydrogen-bond donors (Lipinski definition) is 1. The summed E-state index contributed by atoms with van der Waals surface area (Å²) in [5, 5.41) is 3.10. The van der Waals surface area contributed by atoms with E-state index in [1.54, 1.807) is 42.5 Å².